The standard InChI is InChI=1S/C18H23NO/c1-12(2)16-8-6-14(4)18(10-16)20-17-9-15(11-19)7-5-13(17)3/h5-10,12H,11,19H2,1-4H3. The molecule has 106 valence electrons. The van der Waals surface area contributed by atoms with Crippen molar-refractivity contribution in [2.45, 2.75) is 40.2 Å². The van der Waals surface area contributed by atoms with E-state index in [2.05, 4.69) is 52.0 Å². The van der Waals surface area contributed by atoms with Crippen molar-refractivity contribution in [2.24, 2.45) is 5.73 Å². The largest absolute Gasteiger partial charge is 0.457 e. The first-order chi connectivity index (χ1) is 9.51. The summed E-state index contributed by atoms with van der Waals surface area (Å²) in [5.41, 5.74) is 10.3. The molecule has 2 nitrogen and oxygen atoms in total. The van der Waals surface area contributed by atoms with E-state index in [4.69, 9.17) is 10.5 Å². The van der Waals surface area contributed by atoms with Crippen LogP contribution in [0.2, 0.25) is 0 Å². The Labute approximate surface area is 121 Å². The van der Waals surface area contributed by atoms with Crippen LogP contribution in [0.3, 0.4) is 0 Å². The number of hydrogen-bond donors (Lipinski definition) is 1. The van der Waals surface area contributed by atoms with E-state index in [1.54, 1.807) is 0 Å². The Morgan fingerprint density at radius 3 is 2.15 bits per heavy atom. The molecule has 0 bridgehead atoms. The van der Waals surface area contributed by atoms with E-state index in [0.717, 1.165) is 28.2 Å². The van der Waals surface area contributed by atoms with Gasteiger partial charge in [-0.25, -0.2) is 0 Å². The highest BCUT2D eigenvalue weighted by Gasteiger charge is 2.08. The highest BCUT2D eigenvalue weighted by Crippen LogP contribution is 2.31. The number of rotatable bonds is 4. The lowest BCUT2D eigenvalue weighted by molar-refractivity contribution is 0.473. The molecule has 2 aromatic rings. The van der Waals surface area contributed by atoms with E-state index in [9.17, 15) is 0 Å². The fourth-order valence-corrected chi connectivity index (χ4v) is 2.09. The van der Waals surface area contributed by atoms with Crippen LogP contribution < -0.4 is 10.5 Å². The molecule has 0 heterocycles. The molecule has 0 saturated carbocycles. The second-order valence-electron chi connectivity index (χ2n) is 5.59. The Kier molecular flexibility index (Phi) is 4.46. The smallest absolute Gasteiger partial charge is 0.130 e. The van der Waals surface area contributed by atoms with Gasteiger partial charge in [0, 0.05) is 6.54 Å². The van der Waals surface area contributed by atoms with Crippen LogP contribution in [0, 0.1) is 13.8 Å². The van der Waals surface area contributed by atoms with E-state index < -0.39 is 0 Å². The molecule has 0 saturated heterocycles. The summed E-state index contributed by atoms with van der Waals surface area (Å²) < 4.78 is 6.12. The predicted molar refractivity (Wildman–Crippen MR) is 84.4 cm³/mol. The van der Waals surface area contributed by atoms with Gasteiger partial charge in [0.25, 0.3) is 0 Å². The SMILES string of the molecule is Cc1ccc(CN)cc1Oc1cc(C(C)C)ccc1C. The van der Waals surface area contributed by atoms with Gasteiger partial charge in [-0.2, -0.15) is 0 Å². The van der Waals surface area contributed by atoms with Gasteiger partial charge in [-0.3, -0.25) is 0 Å². The molecule has 0 fully saturated rings. The zero-order valence-corrected chi connectivity index (χ0v) is 12.7. The molecule has 0 aliphatic heterocycles. The van der Waals surface area contributed by atoms with E-state index in [1.165, 1.54) is 5.56 Å². The first-order valence-corrected chi connectivity index (χ1v) is 7.09. The van der Waals surface area contributed by atoms with Crippen molar-refractivity contribution >= 4 is 0 Å². The number of hydrogen-bond acceptors (Lipinski definition) is 2. The van der Waals surface area contributed by atoms with Gasteiger partial charge in [0.2, 0.25) is 0 Å². The van der Waals surface area contributed by atoms with E-state index >= 15 is 0 Å². The molecule has 2 N–H and O–H groups in total. The minimum atomic E-state index is 0.495. The van der Waals surface area contributed by atoms with Gasteiger partial charge >= 0.3 is 0 Å². The Morgan fingerprint density at radius 1 is 0.950 bits per heavy atom. The molecular formula is C18H23NO. The molecular weight excluding hydrogens is 246 g/mol. The first kappa shape index (κ1) is 14.6. The topological polar surface area (TPSA) is 35.2 Å². The van der Waals surface area contributed by atoms with Gasteiger partial charge in [-0.05, 0) is 54.2 Å². The van der Waals surface area contributed by atoms with Crippen LogP contribution in [0.1, 0.15) is 42.0 Å². The maximum absolute atomic E-state index is 6.12. The number of ether oxygens (including phenoxy) is 1. The summed E-state index contributed by atoms with van der Waals surface area (Å²) in [4.78, 5) is 0. The molecule has 0 amide bonds. The van der Waals surface area contributed by atoms with Gasteiger partial charge in [0.05, 0.1) is 0 Å². The molecule has 0 aromatic heterocycles. The van der Waals surface area contributed by atoms with Gasteiger partial charge in [0.15, 0.2) is 0 Å². The molecule has 2 rings (SSSR count). The third-order valence-electron chi connectivity index (χ3n) is 3.59. The van der Waals surface area contributed by atoms with Crippen molar-refractivity contribution in [1.29, 1.82) is 0 Å². The Morgan fingerprint density at radius 2 is 1.55 bits per heavy atom. The maximum Gasteiger partial charge on any atom is 0.130 e. The third-order valence-corrected chi connectivity index (χ3v) is 3.59. The normalized spacial score (nSPS) is 10.9. The lowest BCUT2D eigenvalue weighted by Gasteiger charge is -2.14. The van der Waals surface area contributed by atoms with Crippen molar-refractivity contribution in [3.05, 3.63) is 58.7 Å². The second-order valence-corrected chi connectivity index (χ2v) is 5.59. The molecule has 0 radical (unpaired) electrons. The Balaban J connectivity index is 2.36. The van der Waals surface area contributed by atoms with Crippen LogP contribution >= 0.6 is 0 Å². The quantitative estimate of drug-likeness (QED) is 0.874. The van der Waals surface area contributed by atoms with Crippen LogP contribution in [0.25, 0.3) is 0 Å². The summed E-state index contributed by atoms with van der Waals surface area (Å²) in [6, 6.07) is 12.5. The Hall–Kier alpha value is -1.80. The van der Waals surface area contributed by atoms with Crippen molar-refractivity contribution in [2.75, 3.05) is 0 Å². The monoisotopic (exact) mass is 269 g/mol. The molecule has 0 spiro atoms. The summed E-state index contributed by atoms with van der Waals surface area (Å²) in [6.07, 6.45) is 0. The summed E-state index contributed by atoms with van der Waals surface area (Å²) in [6.45, 7) is 9.03. The van der Waals surface area contributed by atoms with Crippen LogP contribution in [0.4, 0.5) is 0 Å². The van der Waals surface area contributed by atoms with Crippen molar-refractivity contribution in [1.82, 2.24) is 0 Å². The van der Waals surface area contributed by atoms with Gasteiger partial charge in [-0.15, -0.1) is 0 Å². The molecule has 0 aliphatic carbocycles. The van der Waals surface area contributed by atoms with Crippen LogP contribution in [-0.2, 0) is 6.54 Å². The van der Waals surface area contributed by atoms with E-state index in [0.29, 0.717) is 12.5 Å². The predicted octanol–water partition coefficient (Wildman–Crippen LogP) is 4.68. The summed E-state index contributed by atoms with van der Waals surface area (Å²) in [5.74, 6) is 2.31. The zero-order chi connectivity index (χ0) is 14.7. The fourth-order valence-electron chi connectivity index (χ4n) is 2.09. The minimum absolute atomic E-state index is 0.495. The number of benzene rings is 2. The maximum atomic E-state index is 6.12. The van der Waals surface area contributed by atoms with Gasteiger partial charge in [0.1, 0.15) is 11.5 Å². The van der Waals surface area contributed by atoms with Crippen molar-refractivity contribution < 1.29 is 4.74 Å². The average Bonchev–Trinajstić information content (AvgIpc) is 2.43. The van der Waals surface area contributed by atoms with Crippen molar-refractivity contribution in [3.8, 4) is 11.5 Å². The second kappa shape index (κ2) is 6.10. The molecule has 0 atom stereocenters. The van der Waals surface area contributed by atoms with E-state index in [-0.39, 0.29) is 0 Å². The fraction of sp³-hybridized carbons (Fsp3) is 0.333. The highest BCUT2D eigenvalue weighted by atomic mass is 16.5. The molecule has 20 heavy (non-hydrogen) atoms. The Bertz CT molecular complexity index is 602. The summed E-state index contributed by atoms with van der Waals surface area (Å²) in [5, 5.41) is 0. The number of aryl methyl sites for hydroxylation is 2. The molecule has 2 aromatic carbocycles. The lowest BCUT2D eigenvalue weighted by Crippen LogP contribution is -1.98. The number of nitrogens with two attached hydrogens (primary N) is 1. The molecule has 0 unspecified atom stereocenters. The third kappa shape index (κ3) is 3.20. The molecule has 0 aliphatic rings. The lowest BCUT2D eigenvalue weighted by atomic mass is 10.0. The van der Waals surface area contributed by atoms with Crippen LogP contribution in [0.15, 0.2) is 36.4 Å². The first-order valence-electron chi connectivity index (χ1n) is 7.09. The highest BCUT2D eigenvalue weighted by molar-refractivity contribution is 5.44. The average molecular weight is 269 g/mol. The van der Waals surface area contributed by atoms with Gasteiger partial charge < -0.3 is 10.5 Å². The zero-order valence-electron chi connectivity index (χ0n) is 12.7. The van der Waals surface area contributed by atoms with Crippen molar-refractivity contribution in [3.63, 3.8) is 0 Å². The molecule has 2 heteroatoms. The summed E-state index contributed by atoms with van der Waals surface area (Å²) >= 11 is 0. The van der Waals surface area contributed by atoms with Crippen LogP contribution in [0.5, 0.6) is 11.5 Å². The van der Waals surface area contributed by atoms with Crippen LogP contribution in [-0.4, -0.2) is 0 Å². The van der Waals surface area contributed by atoms with E-state index in [1.807, 2.05) is 12.1 Å². The summed E-state index contributed by atoms with van der Waals surface area (Å²) in [7, 11) is 0. The van der Waals surface area contributed by atoms with Gasteiger partial charge in [-0.1, -0.05) is 38.1 Å². The minimum Gasteiger partial charge on any atom is -0.457 e.